The molecule has 0 saturated carbocycles. The standard InChI is InChI=1S/C10H13NO.BrH/c12-10-3-1-2-8-4-6-11-7-5-9(8)10;/h1-3,11-12H,4-7H2;1H. The molecule has 0 unspecified atom stereocenters. The van der Waals surface area contributed by atoms with Gasteiger partial charge < -0.3 is 10.4 Å². The third-order valence-corrected chi connectivity index (χ3v) is 2.37. The predicted octanol–water partition coefficient (Wildman–Crippen LogP) is 1.66. The van der Waals surface area contributed by atoms with Gasteiger partial charge in [0.15, 0.2) is 0 Å². The molecule has 0 spiro atoms. The second kappa shape index (κ2) is 4.63. The summed E-state index contributed by atoms with van der Waals surface area (Å²) in [5.41, 5.74) is 2.42. The molecule has 72 valence electrons. The first-order valence-electron chi connectivity index (χ1n) is 4.38. The zero-order valence-corrected chi connectivity index (χ0v) is 9.13. The molecular formula is C10H14BrNO. The highest BCUT2D eigenvalue weighted by Crippen LogP contribution is 2.22. The van der Waals surface area contributed by atoms with E-state index in [9.17, 15) is 5.11 Å². The molecule has 1 heterocycles. The van der Waals surface area contributed by atoms with Crippen LogP contribution >= 0.6 is 17.0 Å². The van der Waals surface area contributed by atoms with Crippen molar-refractivity contribution in [2.45, 2.75) is 12.8 Å². The molecule has 0 atom stereocenters. The van der Waals surface area contributed by atoms with E-state index in [1.807, 2.05) is 6.07 Å². The van der Waals surface area contributed by atoms with Crippen LogP contribution in [0.15, 0.2) is 18.2 Å². The molecule has 0 radical (unpaired) electrons. The first-order valence-corrected chi connectivity index (χ1v) is 4.38. The van der Waals surface area contributed by atoms with E-state index < -0.39 is 0 Å². The Labute approximate surface area is 88.7 Å². The fraction of sp³-hybridized carbons (Fsp3) is 0.400. The van der Waals surface area contributed by atoms with Crippen LogP contribution in [0.3, 0.4) is 0 Å². The zero-order valence-electron chi connectivity index (χ0n) is 7.42. The Morgan fingerprint density at radius 3 is 2.77 bits per heavy atom. The van der Waals surface area contributed by atoms with Gasteiger partial charge >= 0.3 is 0 Å². The Morgan fingerprint density at radius 1 is 1.15 bits per heavy atom. The topological polar surface area (TPSA) is 32.3 Å². The predicted molar refractivity (Wildman–Crippen MR) is 58.7 cm³/mol. The van der Waals surface area contributed by atoms with Crippen LogP contribution in [0.2, 0.25) is 0 Å². The molecule has 0 aromatic heterocycles. The van der Waals surface area contributed by atoms with E-state index in [-0.39, 0.29) is 17.0 Å². The molecule has 0 fully saturated rings. The quantitative estimate of drug-likeness (QED) is 0.727. The molecule has 2 nitrogen and oxygen atoms in total. The summed E-state index contributed by atoms with van der Waals surface area (Å²) in [6.45, 7) is 2.00. The normalized spacial score (nSPS) is 15.4. The number of phenolic OH excluding ortho intramolecular Hbond substituents is 1. The van der Waals surface area contributed by atoms with Gasteiger partial charge in [0.2, 0.25) is 0 Å². The first kappa shape index (κ1) is 10.5. The van der Waals surface area contributed by atoms with Crippen LogP contribution in [0.4, 0.5) is 0 Å². The number of aromatic hydroxyl groups is 1. The minimum atomic E-state index is 0. The minimum absolute atomic E-state index is 0. The molecule has 3 heteroatoms. The fourth-order valence-electron chi connectivity index (χ4n) is 1.71. The van der Waals surface area contributed by atoms with E-state index in [1.165, 1.54) is 5.56 Å². The fourth-order valence-corrected chi connectivity index (χ4v) is 1.71. The number of fused-ring (bicyclic) bond motifs is 1. The molecule has 0 amide bonds. The molecule has 0 bridgehead atoms. The van der Waals surface area contributed by atoms with Crippen molar-refractivity contribution in [3.8, 4) is 5.75 Å². The average Bonchev–Trinajstić information content (AvgIpc) is 2.30. The smallest absolute Gasteiger partial charge is 0.119 e. The number of hydrogen-bond donors (Lipinski definition) is 2. The summed E-state index contributed by atoms with van der Waals surface area (Å²) in [7, 11) is 0. The van der Waals surface area contributed by atoms with Gasteiger partial charge in [-0.25, -0.2) is 0 Å². The van der Waals surface area contributed by atoms with E-state index >= 15 is 0 Å². The summed E-state index contributed by atoms with van der Waals surface area (Å²) < 4.78 is 0. The lowest BCUT2D eigenvalue weighted by atomic mass is 10.0. The summed E-state index contributed by atoms with van der Waals surface area (Å²) in [4.78, 5) is 0. The lowest BCUT2D eigenvalue weighted by Crippen LogP contribution is -2.16. The summed E-state index contributed by atoms with van der Waals surface area (Å²) in [5.74, 6) is 0.455. The molecular weight excluding hydrogens is 230 g/mol. The first-order chi connectivity index (χ1) is 5.88. The van der Waals surface area contributed by atoms with E-state index in [2.05, 4.69) is 11.4 Å². The highest BCUT2D eigenvalue weighted by molar-refractivity contribution is 8.93. The zero-order chi connectivity index (χ0) is 8.39. The largest absolute Gasteiger partial charge is 0.508 e. The third kappa shape index (κ3) is 2.23. The molecule has 1 aliphatic heterocycles. The van der Waals surface area contributed by atoms with Gasteiger partial charge in [-0.3, -0.25) is 0 Å². The van der Waals surface area contributed by atoms with Crippen molar-refractivity contribution in [2.24, 2.45) is 0 Å². The molecule has 0 aliphatic carbocycles. The highest BCUT2D eigenvalue weighted by atomic mass is 79.9. The third-order valence-electron chi connectivity index (χ3n) is 2.37. The number of hydrogen-bond acceptors (Lipinski definition) is 2. The molecule has 0 saturated heterocycles. The van der Waals surface area contributed by atoms with Crippen molar-refractivity contribution in [1.29, 1.82) is 0 Å². The maximum atomic E-state index is 9.55. The lowest BCUT2D eigenvalue weighted by Gasteiger charge is -2.05. The highest BCUT2D eigenvalue weighted by Gasteiger charge is 2.09. The Morgan fingerprint density at radius 2 is 1.92 bits per heavy atom. The Bertz CT molecular complexity index is 288. The van der Waals surface area contributed by atoms with Crippen LogP contribution in [0.25, 0.3) is 0 Å². The van der Waals surface area contributed by atoms with E-state index in [0.717, 1.165) is 31.5 Å². The summed E-state index contributed by atoms with van der Waals surface area (Å²) >= 11 is 0. The van der Waals surface area contributed by atoms with E-state index in [1.54, 1.807) is 6.07 Å². The van der Waals surface area contributed by atoms with Gasteiger partial charge in [-0.15, -0.1) is 17.0 Å². The molecule has 2 rings (SSSR count). The minimum Gasteiger partial charge on any atom is -0.508 e. The Kier molecular flexibility index (Phi) is 3.75. The van der Waals surface area contributed by atoms with Crippen LogP contribution in [0.5, 0.6) is 5.75 Å². The Balaban J connectivity index is 0.000000845. The van der Waals surface area contributed by atoms with Crippen molar-refractivity contribution in [3.05, 3.63) is 29.3 Å². The summed E-state index contributed by atoms with van der Waals surface area (Å²) in [6.07, 6.45) is 1.98. The average molecular weight is 244 g/mol. The van der Waals surface area contributed by atoms with Crippen molar-refractivity contribution in [2.75, 3.05) is 13.1 Å². The van der Waals surface area contributed by atoms with Gasteiger partial charge in [0.05, 0.1) is 0 Å². The van der Waals surface area contributed by atoms with E-state index in [4.69, 9.17) is 0 Å². The summed E-state index contributed by atoms with van der Waals surface area (Å²) in [6, 6.07) is 5.78. The second-order valence-corrected chi connectivity index (χ2v) is 3.16. The van der Waals surface area contributed by atoms with Crippen LogP contribution in [0, 0.1) is 0 Å². The summed E-state index contributed by atoms with van der Waals surface area (Å²) in [5, 5.41) is 12.9. The van der Waals surface area contributed by atoms with E-state index in [0.29, 0.717) is 5.75 Å². The number of benzene rings is 1. The van der Waals surface area contributed by atoms with Gasteiger partial charge in [-0.1, -0.05) is 12.1 Å². The molecule has 2 N–H and O–H groups in total. The molecule has 1 aromatic rings. The van der Waals surface area contributed by atoms with Crippen LogP contribution < -0.4 is 5.32 Å². The number of phenols is 1. The SMILES string of the molecule is Br.Oc1cccc2c1CCNCC2. The molecule has 13 heavy (non-hydrogen) atoms. The van der Waals surface area contributed by atoms with Gasteiger partial charge in [-0.2, -0.15) is 0 Å². The van der Waals surface area contributed by atoms with Crippen molar-refractivity contribution in [1.82, 2.24) is 5.32 Å². The molecule has 1 aliphatic rings. The van der Waals surface area contributed by atoms with Crippen LogP contribution in [-0.4, -0.2) is 18.2 Å². The van der Waals surface area contributed by atoms with Gasteiger partial charge in [-0.05, 0) is 43.1 Å². The lowest BCUT2D eigenvalue weighted by molar-refractivity contribution is 0.467. The van der Waals surface area contributed by atoms with Crippen molar-refractivity contribution in [3.63, 3.8) is 0 Å². The van der Waals surface area contributed by atoms with Crippen molar-refractivity contribution >= 4 is 17.0 Å². The van der Waals surface area contributed by atoms with Crippen LogP contribution in [-0.2, 0) is 12.8 Å². The van der Waals surface area contributed by atoms with Crippen LogP contribution in [0.1, 0.15) is 11.1 Å². The van der Waals surface area contributed by atoms with Gasteiger partial charge in [0.25, 0.3) is 0 Å². The van der Waals surface area contributed by atoms with Crippen molar-refractivity contribution < 1.29 is 5.11 Å². The molecule has 1 aromatic carbocycles. The maximum Gasteiger partial charge on any atom is 0.119 e. The maximum absolute atomic E-state index is 9.55. The number of halogens is 1. The van der Waals surface area contributed by atoms with Gasteiger partial charge in [0.1, 0.15) is 5.75 Å². The second-order valence-electron chi connectivity index (χ2n) is 3.16. The Hall–Kier alpha value is -0.540. The number of nitrogens with one attached hydrogen (secondary N) is 1. The van der Waals surface area contributed by atoms with Gasteiger partial charge in [0, 0.05) is 0 Å². The monoisotopic (exact) mass is 243 g/mol. The number of rotatable bonds is 0.